The SMILES string of the molecule is Cc1ccccc1OCc1ccc(F)c(B(O)O)c1. The van der Waals surface area contributed by atoms with E-state index in [9.17, 15) is 4.39 Å². The topological polar surface area (TPSA) is 49.7 Å². The van der Waals surface area contributed by atoms with Crippen LogP contribution in [0.4, 0.5) is 4.39 Å². The summed E-state index contributed by atoms with van der Waals surface area (Å²) >= 11 is 0. The number of aryl methyl sites for hydroxylation is 1. The zero-order valence-electron chi connectivity index (χ0n) is 10.5. The number of hydrogen-bond donors (Lipinski definition) is 2. The molecule has 0 aliphatic heterocycles. The molecule has 19 heavy (non-hydrogen) atoms. The van der Waals surface area contributed by atoms with Crippen molar-refractivity contribution < 1.29 is 19.2 Å². The van der Waals surface area contributed by atoms with Crippen molar-refractivity contribution in [2.75, 3.05) is 0 Å². The average Bonchev–Trinajstić information content (AvgIpc) is 2.39. The van der Waals surface area contributed by atoms with Crippen molar-refractivity contribution in [3.05, 3.63) is 59.4 Å². The molecule has 5 heteroatoms. The lowest BCUT2D eigenvalue weighted by atomic mass is 9.79. The minimum Gasteiger partial charge on any atom is -0.489 e. The molecule has 0 saturated carbocycles. The van der Waals surface area contributed by atoms with Gasteiger partial charge >= 0.3 is 7.12 Å². The third-order valence-corrected chi connectivity index (χ3v) is 2.83. The fourth-order valence-electron chi connectivity index (χ4n) is 1.76. The number of benzene rings is 2. The Bertz CT molecular complexity index is 572. The largest absolute Gasteiger partial charge is 0.491 e. The standard InChI is InChI=1S/C14H14BFO3/c1-10-4-2-3-5-14(10)19-9-11-6-7-13(16)12(8-11)15(17)18/h2-8,17-18H,9H2,1H3. The van der Waals surface area contributed by atoms with Gasteiger partial charge in [0.25, 0.3) is 0 Å². The predicted octanol–water partition coefficient (Wildman–Crippen LogP) is 1.39. The van der Waals surface area contributed by atoms with E-state index in [1.807, 2.05) is 31.2 Å². The van der Waals surface area contributed by atoms with E-state index in [4.69, 9.17) is 14.8 Å². The third-order valence-electron chi connectivity index (χ3n) is 2.83. The highest BCUT2D eigenvalue weighted by molar-refractivity contribution is 6.58. The lowest BCUT2D eigenvalue weighted by molar-refractivity contribution is 0.304. The molecule has 0 amide bonds. The van der Waals surface area contributed by atoms with Gasteiger partial charge in [-0.3, -0.25) is 0 Å². The summed E-state index contributed by atoms with van der Waals surface area (Å²) in [6, 6.07) is 11.7. The van der Waals surface area contributed by atoms with E-state index in [0.29, 0.717) is 5.56 Å². The Morgan fingerprint density at radius 1 is 1.16 bits per heavy atom. The Hall–Kier alpha value is -1.85. The molecule has 0 atom stereocenters. The average molecular weight is 260 g/mol. The molecule has 0 aliphatic rings. The minimum atomic E-state index is -1.82. The van der Waals surface area contributed by atoms with Crippen LogP contribution in [-0.4, -0.2) is 17.2 Å². The lowest BCUT2D eigenvalue weighted by Crippen LogP contribution is -2.33. The quantitative estimate of drug-likeness (QED) is 0.817. The molecule has 0 fully saturated rings. The summed E-state index contributed by atoms with van der Waals surface area (Å²) in [7, 11) is -1.82. The van der Waals surface area contributed by atoms with Gasteiger partial charge in [-0.05, 0) is 30.2 Å². The second kappa shape index (κ2) is 5.86. The Kier molecular flexibility index (Phi) is 4.19. The van der Waals surface area contributed by atoms with E-state index in [1.54, 1.807) is 6.07 Å². The lowest BCUT2D eigenvalue weighted by Gasteiger charge is -2.10. The molecule has 0 aromatic heterocycles. The molecule has 2 rings (SSSR count). The second-order valence-corrected chi connectivity index (χ2v) is 4.28. The van der Waals surface area contributed by atoms with Gasteiger partial charge < -0.3 is 14.8 Å². The van der Waals surface area contributed by atoms with E-state index in [0.717, 1.165) is 11.3 Å². The molecule has 0 bridgehead atoms. The highest BCUT2D eigenvalue weighted by atomic mass is 19.1. The maximum Gasteiger partial charge on any atom is 0.491 e. The van der Waals surface area contributed by atoms with Gasteiger partial charge in [0.2, 0.25) is 0 Å². The summed E-state index contributed by atoms with van der Waals surface area (Å²) in [6.45, 7) is 2.17. The molecule has 0 radical (unpaired) electrons. The third kappa shape index (κ3) is 3.33. The maximum absolute atomic E-state index is 13.3. The van der Waals surface area contributed by atoms with Crippen molar-refractivity contribution in [3.63, 3.8) is 0 Å². The van der Waals surface area contributed by atoms with E-state index in [2.05, 4.69) is 0 Å². The van der Waals surface area contributed by atoms with Crippen LogP contribution in [0.3, 0.4) is 0 Å². The van der Waals surface area contributed by atoms with Crippen molar-refractivity contribution in [1.29, 1.82) is 0 Å². The van der Waals surface area contributed by atoms with Gasteiger partial charge in [-0.2, -0.15) is 0 Å². The molecular formula is C14H14BFO3. The summed E-state index contributed by atoms with van der Waals surface area (Å²) in [5, 5.41) is 18.1. The molecule has 2 aromatic carbocycles. The Morgan fingerprint density at radius 3 is 2.58 bits per heavy atom. The number of para-hydroxylation sites is 1. The van der Waals surface area contributed by atoms with Crippen LogP contribution in [0.25, 0.3) is 0 Å². The van der Waals surface area contributed by atoms with Gasteiger partial charge in [0, 0.05) is 5.46 Å². The van der Waals surface area contributed by atoms with Gasteiger partial charge in [-0.15, -0.1) is 0 Å². The maximum atomic E-state index is 13.3. The van der Waals surface area contributed by atoms with E-state index < -0.39 is 12.9 Å². The molecule has 2 N–H and O–H groups in total. The molecule has 0 aliphatic carbocycles. The number of ether oxygens (including phenoxy) is 1. The first-order chi connectivity index (χ1) is 9.08. The summed E-state index contributed by atoms with van der Waals surface area (Å²) in [5.41, 5.74) is 1.53. The van der Waals surface area contributed by atoms with Crippen molar-refractivity contribution in [2.45, 2.75) is 13.5 Å². The predicted molar refractivity (Wildman–Crippen MR) is 71.7 cm³/mol. The Morgan fingerprint density at radius 2 is 1.89 bits per heavy atom. The van der Waals surface area contributed by atoms with E-state index >= 15 is 0 Å². The van der Waals surface area contributed by atoms with Crippen LogP contribution < -0.4 is 10.2 Å². The van der Waals surface area contributed by atoms with Gasteiger partial charge in [-0.25, -0.2) is 4.39 Å². The summed E-state index contributed by atoms with van der Waals surface area (Å²) in [4.78, 5) is 0. The van der Waals surface area contributed by atoms with Crippen LogP contribution in [-0.2, 0) is 6.61 Å². The summed E-state index contributed by atoms with van der Waals surface area (Å²) in [6.07, 6.45) is 0. The summed E-state index contributed by atoms with van der Waals surface area (Å²) < 4.78 is 18.9. The molecular weight excluding hydrogens is 246 g/mol. The smallest absolute Gasteiger partial charge is 0.489 e. The van der Waals surface area contributed by atoms with Crippen LogP contribution in [0.1, 0.15) is 11.1 Å². The molecule has 2 aromatic rings. The molecule has 0 heterocycles. The monoisotopic (exact) mass is 260 g/mol. The van der Waals surface area contributed by atoms with Gasteiger partial charge in [0.15, 0.2) is 0 Å². The van der Waals surface area contributed by atoms with Crippen molar-refractivity contribution >= 4 is 12.6 Å². The zero-order chi connectivity index (χ0) is 13.8. The Balaban J connectivity index is 2.12. The van der Waals surface area contributed by atoms with E-state index in [-0.39, 0.29) is 12.1 Å². The van der Waals surface area contributed by atoms with Crippen LogP contribution in [0, 0.1) is 12.7 Å². The van der Waals surface area contributed by atoms with Crippen LogP contribution in [0.5, 0.6) is 5.75 Å². The fourth-order valence-corrected chi connectivity index (χ4v) is 1.76. The molecule has 98 valence electrons. The minimum absolute atomic E-state index is 0.147. The number of halogens is 1. The first kappa shape index (κ1) is 13.6. The van der Waals surface area contributed by atoms with E-state index in [1.165, 1.54) is 12.1 Å². The molecule has 0 saturated heterocycles. The van der Waals surface area contributed by atoms with Crippen molar-refractivity contribution in [2.24, 2.45) is 0 Å². The number of rotatable bonds is 4. The molecule has 0 spiro atoms. The first-order valence-electron chi connectivity index (χ1n) is 5.91. The first-order valence-corrected chi connectivity index (χ1v) is 5.91. The second-order valence-electron chi connectivity index (χ2n) is 4.28. The Labute approximate surface area is 111 Å². The number of hydrogen-bond acceptors (Lipinski definition) is 3. The van der Waals surface area contributed by atoms with Crippen LogP contribution >= 0.6 is 0 Å². The van der Waals surface area contributed by atoms with Gasteiger partial charge in [0.05, 0.1) is 0 Å². The van der Waals surface area contributed by atoms with Gasteiger partial charge in [0.1, 0.15) is 18.2 Å². The highest BCUT2D eigenvalue weighted by Crippen LogP contribution is 2.17. The molecule has 0 unspecified atom stereocenters. The van der Waals surface area contributed by atoms with Crippen molar-refractivity contribution in [1.82, 2.24) is 0 Å². The normalized spacial score (nSPS) is 10.3. The summed E-state index contributed by atoms with van der Waals surface area (Å²) in [5.74, 6) is 0.104. The van der Waals surface area contributed by atoms with Crippen molar-refractivity contribution in [3.8, 4) is 5.75 Å². The van der Waals surface area contributed by atoms with Crippen LogP contribution in [0.2, 0.25) is 0 Å². The zero-order valence-corrected chi connectivity index (χ0v) is 10.5. The fraction of sp³-hybridized carbons (Fsp3) is 0.143. The molecule has 3 nitrogen and oxygen atoms in total. The highest BCUT2D eigenvalue weighted by Gasteiger charge is 2.16. The van der Waals surface area contributed by atoms with Crippen LogP contribution in [0.15, 0.2) is 42.5 Å². The van der Waals surface area contributed by atoms with Gasteiger partial charge in [-0.1, -0.05) is 30.3 Å².